The number of thioether (sulfide) groups is 1. The Morgan fingerprint density at radius 1 is 1.35 bits per heavy atom. The van der Waals surface area contributed by atoms with Crippen LogP contribution in [0.15, 0.2) is 44.4 Å². The number of nitrogen functional groups attached to an aromatic ring is 1. The molecule has 0 unspecified atom stereocenters. The highest BCUT2D eigenvalue weighted by Crippen LogP contribution is 2.30. The Bertz CT molecular complexity index is 712. The van der Waals surface area contributed by atoms with Crippen LogP contribution in [0, 0.1) is 0 Å². The van der Waals surface area contributed by atoms with Crippen molar-refractivity contribution in [3.05, 3.63) is 45.9 Å². The van der Waals surface area contributed by atoms with Gasteiger partial charge in [-0.25, -0.2) is 0 Å². The number of nitrogens with two attached hydrogens (primary N) is 1. The number of halogens is 1. The normalized spacial score (nSPS) is 10.8. The average molecular weight is 324 g/mol. The molecule has 2 aromatic heterocycles. The summed E-state index contributed by atoms with van der Waals surface area (Å²) in [4.78, 5) is 5.27. The first-order chi connectivity index (χ1) is 9.72. The zero-order valence-corrected chi connectivity index (χ0v) is 12.6. The van der Waals surface area contributed by atoms with Crippen molar-refractivity contribution in [1.82, 2.24) is 10.1 Å². The average Bonchev–Trinajstić information content (AvgIpc) is 3.09. The largest absolute Gasteiger partial charge is 0.398 e. The number of rotatable bonds is 4. The number of hydrogen-bond acceptors (Lipinski definition) is 6. The van der Waals surface area contributed by atoms with E-state index in [4.69, 9.17) is 21.9 Å². The quantitative estimate of drug-likeness (QED) is 0.572. The molecule has 0 aliphatic heterocycles. The summed E-state index contributed by atoms with van der Waals surface area (Å²) in [5.41, 5.74) is 7.53. The molecule has 2 heterocycles. The molecule has 0 spiro atoms. The second-order valence-corrected chi connectivity index (χ2v) is 6.23. The number of anilines is 1. The molecule has 0 bridgehead atoms. The van der Waals surface area contributed by atoms with E-state index in [1.165, 1.54) is 11.8 Å². The van der Waals surface area contributed by atoms with E-state index in [9.17, 15) is 0 Å². The summed E-state index contributed by atoms with van der Waals surface area (Å²) >= 11 is 9.08. The molecule has 20 heavy (non-hydrogen) atoms. The van der Waals surface area contributed by atoms with Crippen molar-refractivity contribution >= 4 is 40.4 Å². The van der Waals surface area contributed by atoms with Gasteiger partial charge in [0.2, 0.25) is 0 Å². The fourth-order valence-corrected chi connectivity index (χ4v) is 3.30. The lowest BCUT2D eigenvalue weighted by Crippen LogP contribution is -1.90. The SMILES string of the molecule is Nc1ccc(Cl)cc1SCc1noc(-c2ccsc2)n1. The van der Waals surface area contributed by atoms with Crippen molar-refractivity contribution in [2.45, 2.75) is 10.6 Å². The Morgan fingerprint density at radius 2 is 2.25 bits per heavy atom. The maximum Gasteiger partial charge on any atom is 0.258 e. The lowest BCUT2D eigenvalue weighted by Gasteiger charge is -2.03. The topological polar surface area (TPSA) is 64.9 Å². The van der Waals surface area contributed by atoms with Gasteiger partial charge >= 0.3 is 0 Å². The van der Waals surface area contributed by atoms with Gasteiger partial charge in [-0.1, -0.05) is 16.8 Å². The second kappa shape index (κ2) is 5.87. The van der Waals surface area contributed by atoms with Gasteiger partial charge in [-0.3, -0.25) is 0 Å². The van der Waals surface area contributed by atoms with Crippen LogP contribution < -0.4 is 5.73 Å². The maximum atomic E-state index is 5.95. The van der Waals surface area contributed by atoms with Crippen molar-refractivity contribution in [2.75, 3.05) is 5.73 Å². The highest BCUT2D eigenvalue weighted by atomic mass is 35.5. The van der Waals surface area contributed by atoms with Crippen LogP contribution >= 0.6 is 34.7 Å². The van der Waals surface area contributed by atoms with Crippen LogP contribution in [0.3, 0.4) is 0 Å². The molecule has 0 amide bonds. The van der Waals surface area contributed by atoms with E-state index in [1.807, 2.05) is 22.9 Å². The number of hydrogen-bond donors (Lipinski definition) is 1. The van der Waals surface area contributed by atoms with Crippen molar-refractivity contribution in [1.29, 1.82) is 0 Å². The molecule has 0 atom stereocenters. The first-order valence-corrected chi connectivity index (χ1v) is 8.06. The molecule has 3 rings (SSSR count). The third kappa shape index (κ3) is 2.98. The van der Waals surface area contributed by atoms with Crippen LogP contribution in [0.2, 0.25) is 5.02 Å². The fourth-order valence-electron chi connectivity index (χ4n) is 1.59. The first kappa shape index (κ1) is 13.5. The maximum absolute atomic E-state index is 5.95. The summed E-state index contributed by atoms with van der Waals surface area (Å²) in [5.74, 6) is 1.76. The summed E-state index contributed by atoms with van der Waals surface area (Å²) in [6.07, 6.45) is 0. The summed E-state index contributed by atoms with van der Waals surface area (Å²) < 4.78 is 5.23. The van der Waals surface area contributed by atoms with Crippen LogP contribution in [-0.4, -0.2) is 10.1 Å². The van der Waals surface area contributed by atoms with Crippen molar-refractivity contribution in [3.63, 3.8) is 0 Å². The zero-order valence-electron chi connectivity index (χ0n) is 10.2. The van der Waals surface area contributed by atoms with Crippen molar-refractivity contribution in [3.8, 4) is 11.5 Å². The number of nitrogens with zero attached hydrogens (tertiary/aromatic N) is 2. The Labute approximate surface area is 129 Å². The minimum Gasteiger partial charge on any atom is -0.398 e. The molecule has 0 aliphatic rings. The molecule has 0 aliphatic carbocycles. The molecule has 0 saturated carbocycles. The second-order valence-electron chi connectivity index (χ2n) is 4.00. The number of thiophene rings is 1. The molecule has 0 radical (unpaired) electrons. The first-order valence-electron chi connectivity index (χ1n) is 5.75. The van der Waals surface area contributed by atoms with E-state index in [-0.39, 0.29) is 0 Å². The van der Waals surface area contributed by atoms with Gasteiger partial charge in [-0.15, -0.1) is 11.8 Å². The summed E-state index contributed by atoms with van der Waals surface area (Å²) in [6.45, 7) is 0. The van der Waals surface area contributed by atoms with Crippen LogP contribution in [0.4, 0.5) is 5.69 Å². The highest BCUT2D eigenvalue weighted by Gasteiger charge is 2.10. The van der Waals surface area contributed by atoms with Gasteiger partial charge < -0.3 is 10.3 Å². The van der Waals surface area contributed by atoms with Gasteiger partial charge in [-0.2, -0.15) is 16.3 Å². The predicted octanol–water partition coefficient (Wildman–Crippen LogP) is 4.33. The molecule has 7 heteroatoms. The van der Waals surface area contributed by atoms with E-state index in [0.717, 1.165) is 10.5 Å². The van der Waals surface area contributed by atoms with Gasteiger partial charge in [0.05, 0.1) is 11.3 Å². The van der Waals surface area contributed by atoms with Gasteiger partial charge in [0, 0.05) is 21.0 Å². The van der Waals surface area contributed by atoms with E-state index in [2.05, 4.69) is 10.1 Å². The molecule has 3 aromatic rings. The van der Waals surface area contributed by atoms with Crippen molar-refractivity contribution < 1.29 is 4.52 Å². The lowest BCUT2D eigenvalue weighted by atomic mass is 10.3. The van der Waals surface area contributed by atoms with Crippen molar-refractivity contribution in [2.24, 2.45) is 0 Å². The van der Waals surface area contributed by atoms with E-state index in [1.54, 1.807) is 23.5 Å². The molecule has 1 aromatic carbocycles. The van der Waals surface area contributed by atoms with E-state index < -0.39 is 0 Å². The van der Waals surface area contributed by atoms with Gasteiger partial charge in [-0.05, 0) is 29.6 Å². The summed E-state index contributed by atoms with van der Waals surface area (Å²) in [5, 5.41) is 8.57. The molecule has 102 valence electrons. The standard InChI is InChI=1S/C13H10ClN3OS2/c14-9-1-2-10(15)11(5-9)20-7-12-16-13(18-17-12)8-3-4-19-6-8/h1-6H,7,15H2. The minimum atomic E-state index is 0.543. The van der Waals surface area contributed by atoms with Crippen LogP contribution in [-0.2, 0) is 5.75 Å². The Kier molecular flexibility index (Phi) is 3.95. The zero-order chi connectivity index (χ0) is 13.9. The smallest absolute Gasteiger partial charge is 0.258 e. The molecule has 4 nitrogen and oxygen atoms in total. The summed E-state index contributed by atoms with van der Waals surface area (Å²) in [6, 6.07) is 7.34. The van der Waals surface area contributed by atoms with Crippen LogP contribution in [0.5, 0.6) is 0 Å². The van der Waals surface area contributed by atoms with E-state index >= 15 is 0 Å². The fraction of sp³-hybridized carbons (Fsp3) is 0.0769. The minimum absolute atomic E-state index is 0.543. The van der Waals surface area contributed by atoms with Crippen LogP contribution in [0.25, 0.3) is 11.5 Å². The van der Waals surface area contributed by atoms with E-state index in [0.29, 0.717) is 28.2 Å². The molecule has 0 fully saturated rings. The Morgan fingerprint density at radius 3 is 3.05 bits per heavy atom. The van der Waals surface area contributed by atoms with Gasteiger partial charge in [0.1, 0.15) is 0 Å². The highest BCUT2D eigenvalue weighted by molar-refractivity contribution is 7.98. The Balaban J connectivity index is 1.71. The predicted molar refractivity (Wildman–Crippen MR) is 83.0 cm³/mol. The number of benzene rings is 1. The van der Waals surface area contributed by atoms with Crippen LogP contribution in [0.1, 0.15) is 5.82 Å². The summed E-state index contributed by atoms with van der Waals surface area (Å²) in [7, 11) is 0. The van der Waals surface area contributed by atoms with Gasteiger partial charge in [0.25, 0.3) is 5.89 Å². The molecular weight excluding hydrogens is 314 g/mol. The van der Waals surface area contributed by atoms with Gasteiger partial charge in [0.15, 0.2) is 5.82 Å². The lowest BCUT2D eigenvalue weighted by molar-refractivity contribution is 0.425. The number of aromatic nitrogens is 2. The third-order valence-corrected chi connectivity index (χ3v) is 4.55. The Hall–Kier alpha value is -1.50. The monoisotopic (exact) mass is 323 g/mol. The molecular formula is C13H10ClN3OS2. The molecule has 2 N–H and O–H groups in total. The third-order valence-electron chi connectivity index (χ3n) is 2.57. The molecule has 0 saturated heterocycles.